The van der Waals surface area contributed by atoms with E-state index in [2.05, 4.69) is 11.9 Å². The smallest absolute Gasteiger partial charge is 0.213 e. The van der Waals surface area contributed by atoms with Crippen molar-refractivity contribution in [2.45, 2.75) is 39.7 Å². The Morgan fingerprint density at radius 1 is 1.17 bits per heavy atom. The number of ether oxygens (including phenoxy) is 2. The van der Waals surface area contributed by atoms with Crippen LogP contribution in [0, 0.1) is 0 Å². The van der Waals surface area contributed by atoms with Gasteiger partial charge >= 0.3 is 0 Å². The molecule has 0 saturated carbocycles. The van der Waals surface area contributed by atoms with Gasteiger partial charge < -0.3 is 14.6 Å². The fraction of sp³-hybridized carbons (Fsp3) is 0.643. The van der Waals surface area contributed by atoms with E-state index in [-0.39, 0.29) is 6.61 Å². The normalized spacial score (nSPS) is 10.6. The maximum absolute atomic E-state index is 9.14. The Morgan fingerprint density at radius 2 is 2.00 bits per heavy atom. The molecule has 4 heteroatoms. The summed E-state index contributed by atoms with van der Waals surface area (Å²) in [5.74, 6) is 0.567. The molecule has 0 aromatic carbocycles. The Bertz CT molecular complexity index is 320. The van der Waals surface area contributed by atoms with Gasteiger partial charge in [0.2, 0.25) is 5.88 Å². The lowest BCUT2D eigenvalue weighted by Gasteiger charge is -2.09. The van der Waals surface area contributed by atoms with Crippen LogP contribution in [-0.2, 0) is 17.8 Å². The lowest BCUT2D eigenvalue weighted by Crippen LogP contribution is -2.09. The number of aliphatic hydroxyl groups is 1. The Hall–Kier alpha value is -1.13. The summed E-state index contributed by atoms with van der Waals surface area (Å²) in [6.07, 6.45) is 3.05. The van der Waals surface area contributed by atoms with E-state index >= 15 is 0 Å². The molecule has 1 aromatic rings. The first-order valence-electron chi connectivity index (χ1n) is 6.61. The number of pyridine rings is 1. The second kappa shape index (κ2) is 8.89. The quantitative estimate of drug-likeness (QED) is 0.686. The van der Waals surface area contributed by atoms with Crippen molar-refractivity contribution in [3.8, 4) is 5.88 Å². The van der Waals surface area contributed by atoms with Gasteiger partial charge in [-0.3, -0.25) is 0 Å². The van der Waals surface area contributed by atoms with E-state index in [1.54, 1.807) is 6.07 Å². The summed E-state index contributed by atoms with van der Waals surface area (Å²) in [6, 6.07) is 3.66. The number of hydrogen-bond donors (Lipinski definition) is 1. The Kier molecular flexibility index (Phi) is 7.37. The molecular formula is C14H23NO3. The SMILES string of the molecule is CCCCOCCOc1cc(CO)cc(CC)n1. The molecule has 18 heavy (non-hydrogen) atoms. The molecule has 102 valence electrons. The third-order valence-corrected chi connectivity index (χ3v) is 2.58. The van der Waals surface area contributed by atoms with Crippen LogP contribution < -0.4 is 4.74 Å². The van der Waals surface area contributed by atoms with Crippen molar-refractivity contribution >= 4 is 0 Å². The van der Waals surface area contributed by atoms with Crippen molar-refractivity contribution in [2.75, 3.05) is 19.8 Å². The first-order valence-corrected chi connectivity index (χ1v) is 6.61. The van der Waals surface area contributed by atoms with Crippen molar-refractivity contribution < 1.29 is 14.6 Å². The zero-order valence-electron chi connectivity index (χ0n) is 11.3. The Labute approximate surface area is 109 Å². The molecule has 0 saturated heterocycles. The van der Waals surface area contributed by atoms with E-state index < -0.39 is 0 Å². The topological polar surface area (TPSA) is 51.6 Å². The molecule has 0 unspecified atom stereocenters. The number of aromatic nitrogens is 1. The lowest BCUT2D eigenvalue weighted by atomic mass is 10.2. The molecule has 0 aliphatic rings. The van der Waals surface area contributed by atoms with Crippen molar-refractivity contribution in [1.82, 2.24) is 4.98 Å². The van der Waals surface area contributed by atoms with Gasteiger partial charge in [0.25, 0.3) is 0 Å². The van der Waals surface area contributed by atoms with Crippen molar-refractivity contribution in [3.05, 3.63) is 23.4 Å². The second-order valence-electron chi connectivity index (χ2n) is 4.13. The maximum atomic E-state index is 9.14. The highest BCUT2D eigenvalue weighted by molar-refractivity contribution is 5.24. The molecule has 0 radical (unpaired) electrons. The van der Waals surface area contributed by atoms with Crippen molar-refractivity contribution in [2.24, 2.45) is 0 Å². The van der Waals surface area contributed by atoms with E-state index in [1.807, 2.05) is 13.0 Å². The number of aliphatic hydroxyl groups excluding tert-OH is 1. The third-order valence-electron chi connectivity index (χ3n) is 2.58. The number of rotatable bonds is 9. The van der Waals surface area contributed by atoms with Crippen LogP contribution in [0.5, 0.6) is 5.88 Å². The summed E-state index contributed by atoms with van der Waals surface area (Å²) >= 11 is 0. The van der Waals surface area contributed by atoms with Gasteiger partial charge in [0.05, 0.1) is 13.2 Å². The lowest BCUT2D eigenvalue weighted by molar-refractivity contribution is 0.0963. The fourth-order valence-corrected chi connectivity index (χ4v) is 1.52. The van der Waals surface area contributed by atoms with E-state index in [4.69, 9.17) is 14.6 Å². The van der Waals surface area contributed by atoms with Crippen LogP contribution in [-0.4, -0.2) is 29.9 Å². The van der Waals surface area contributed by atoms with E-state index in [9.17, 15) is 0 Å². The molecule has 0 atom stereocenters. The van der Waals surface area contributed by atoms with Gasteiger partial charge in [0.1, 0.15) is 6.61 Å². The summed E-state index contributed by atoms with van der Waals surface area (Å²) < 4.78 is 10.9. The molecule has 0 bridgehead atoms. The van der Waals surface area contributed by atoms with Gasteiger partial charge in [-0.05, 0) is 24.5 Å². The molecule has 0 aliphatic carbocycles. The predicted octanol–water partition coefficient (Wildman–Crippen LogP) is 2.33. The van der Waals surface area contributed by atoms with Crippen LogP contribution in [0.1, 0.15) is 37.9 Å². The van der Waals surface area contributed by atoms with Crippen LogP contribution in [0.2, 0.25) is 0 Å². The zero-order chi connectivity index (χ0) is 13.2. The average molecular weight is 253 g/mol. The van der Waals surface area contributed by atoms with E-state index in [0.717, 1.165) is 37.1 Å². The van der Waals surface area contributed by atoms with Gasteiger partial charge in [-0.15, -0.1) is 0 Å². The summed E-state index contributed by atoms with van der Waals surface area (Å²) in [5.41, 5.74) is 1.77. The monoisotopic (exact) mass is 253 g/mol. The Balaban J connectivity index is 2.36. The summed E-state index contributed by atoms with van der Waals surface area (Å²) in [7, 11) is 0. The van der Waals surface area contributed by atoms with Crippen molar-refractivity contribution in [1.29, 1.82) is 0 Å². The van der Waals surface area contributed by atoms with Gasteiger partial charge in [-0.2, -0.15) is 0 Å². The van der Waals surface area contributed by atoms with Gasteiger partial charge in [0, 0.05) is 18.4 Å². The molecule has 1 aromatic heterocycles. The first-order chi connectivity index (χ1) is 8.80. The van der Waals surface area contributed by atoms with Crippen LogP contribution in [0.3, 0.4) is 0 Å². The molecular weight excluding hydrogens is 230 g/mol. The van der Waals surface area contributed by atoms with E-state index in [1.165, 1.54) is 0 Å². The highest BCUT2D eigenvalue weighted by Gasteiger charge is 2.02. The molecule has 0 amide bonds. The van der Waals surface area contributed by atoms with Crippen LogP contribution in [0.4, 0.5) is 0 Å². The number of aryl methyl sites for hydroxylation is 1. The number of nitrogens with zero attached hydrogens (tertiary/aromatic N) is 1. The standard InChI is InChI=1S/C14H23NO3/c1-3-5-6-17-7-8-18-14-10-12(11-16)9-13(4-2)15-14/h9-10,16H,3-8,11H2,1-2H3. The van der Waals surface area contributed by atoms with Gasteiger partial charge in [-0.25, -0.2) is 4.98 Å². The summed E-state index contributed by atoms with van der Waals surface area (Å²) in [4.78, 5) is 4.34. The largest absolute Gasteiger partial charge is 0.475 e. The zero-order valence-corrected chi connectivity index (χ0v) is 11.3. The summed E-state index contributed by atoms with van der Waals surface area (Å²) in [5, 5.41) is 9.14. The molecule has 0 spiro atoms. The van der Waals surface area contributed by atoms with Crippen LogP contribution >= 0.6 is 0 Å². The minimum absolute atomic E-state index is 0.0128. The average Bonchev–Trinajstić information content (AvgIpc) is 2.42. The molecule has 1 heterocycles. The van der Waals surface area contributed by atoms with Crippen molar-refractivity contribution in [3.63, 3.8) is 0 Å². The number of unbranched alkanes of at least 4 members (excludes halogenated alkanes) is 1. The fourth-order valence-electron chi connectivity index (χ4n) is 1.52. The second-order valence-corrected chi connectivity index (χ2v) is 4.13. The van der Waals surface area contributed by atoms with Crippen LogP contribution in [0.25, 0.3) is 0 Å². The third kappa shape index (κ3) is 5.47. The highest BCUT2D eigenvalue weighted by atomic mass is 16.5. The van der Waals surface area contributed by atoms with E-state index in [0.29, 0.717) is 19.1 Å². The van der Waals surface area contributed by atoms with Crippen LogP contribution in [0.15, 0.2) is 12.1 Å². The maximum Gasteiger partial charge on any atom is 0.213 e. The summed E-state index contributed by atoms with van der Waals surface area (Å²) in [6.45, 7) is 6.03. The predicted molar refractivity (Wildman–Crippen MR) is 70.8 cm³/mol. The minimum Gasteiger partial charge on any atom is -0.475 e. The first kappa shape index (κ1) is 14.9. The highest BCUT2D eigenvalue weighted by Crippen LogP contribution is 2.13. The van der Waals surface area contributed by atoms with Gasteiger partial charge in [-0.1, -0.05) is 20.3 Å². The molecule has 0 aliphatic heterocycles. The number of hydrogen-bond acceptors (Lipinski definition) is 4. The molecule has 1 rings (SSSR count). The minimum atomic E-state index is 0.0128. The molecule has 4 nitrogen and oxygen atoms in total. The Morgan fingerprint density at radius 3 is 2.67 bits per heavy atom. The molecule has 0 fully saturated rings. The molecule has 1 N–H and O–H groups in total. The van der Waals surface area contributed by atoms with Gasteiger partial charge in [0.15, 0.2) is 0 Å².